The van der Waals surface area contributed by atoms with Gasteiger partial charge >= 0.3 is 0 Å². The molecule has 16 heavy (non-hydrogen) atoms. The summed E-state index contributed by atoms with van der Waals surface area (Å²) >= 11 is 0. The van der Waals surface area contributed by atoms with E-state index in [9.17, 15) is 13.2 Å². The van der Waals surface area contributed by atoms with E-state index in [-0.39, 0.29) is 17.3 Å². The molecule has 0 aliphatic rings. The lowest BCUT2D eigenvalue weighted by Gasteiger charge is -2.07. The second-order valence-electron chi connectivity index (χ2n) is 3.79. The van der Waals surface area contributed by atoms with Gasteiger partial charge in [-0.3, -0.25) is 4.79 Å². The third kappa shape index (κ3) is 3.48. The Labute approximate surface area is 96.2 Å². The summed E-state index contributed by atoms with van der Waals surface area (Å²) in [7, 11) is -2.98. The number of aromatic nitrogens is 1. The SMILES string of the molecule is CCCS(=O)(=O)CCn1cccc1C(C)=O. The van der Waals surface area contributed by atoms with Crippen LogP contribution in [-0.4, -0.2) is 30.3 Å². The van der Waals surface area contributed by atoms with Crippen LogP contribution in [0.1, 0.15) is 30.8 Å². The van der Waals surface area contributed by atoms with Gasteiger partial charge < -0.3 is 4.57 Å². The van der Waals surface area contributed by atoms with Crippen LogP contribution in [0, 0.1) is 0 Å². The van der Waals surface area contributed by atoms with Crippen LogP contribution in [0.15, 0.2) is 18.3 Å². The van der Waals surface area contributed by atoms with Crippen molar-refractivity contribution in [1.29, 1.82) is 0 Å². The van der Waals surface area contributed by atoms with E-state index in [0.29, 0.717) is 18.7 Å². The van der Waals surface area contributed by atoms with Crippen molar-refractivity contribution in [2.24, 2.45) is 0 Å². The van der Waals surface area contributed by atoms with E-state index in [1.807, 2.05) is 6.92 Å². The first-order valence-corrected chi connectivity index (χ1v) is 7.15. The maximum Gasteiger partial charge on any atom is 0.176 e. The molecule has 0 N–H and O–H groups in total. The number of aryl methyl sites for hydroxylation is 1. The molecule has 0 bridgehead atoms. The Morgan fingerprint density at radius 3 is 2.62 bits per heavy atom. The number of Topliss-reactive ketones (excluding diaryl/α,β-unsaturated/α-hetero) is 1. The van der Waals surface area contributed by atoms with Gasteiger partial charge in [0, 0.05) is 25.4 Å². The average Bonchev–Trinajstić information content (AvgIpc) is 2.62. The van der Waals surface area contributed by atoms with Crippen molar-refractivity contribution >= 4 is 15.6 Å². The van der Waals surface area contributed by atoms with E-state index in [2.05, 4.69) is 0 Å². The van der Waals surface area contributed by atoms with E-state index in [0.717, 1.165) is 0 Å². The molecule has 0 aliphatic heterocycles. The van der Waals surface area contributed by atoms with Gasteiger partial charge in [0.2, 0.25) is 0 Å². The molecule has 0 spiro atoms. The first kappa shape index (κ1) is 13.0. The highest BCUT2D eigenvalue weighted by molar-refractivity contribution is 7.91. The largest absolute Gasteiger partial charge is 0.344 e. The Balaban J connectivity index is 2.68. The van der Waals surface area contributed by atoms with Gasteiger partial charge in [0.05, 0.1) is 11.4 Å². The van der Waals surface area contributed by atoms with Crippen molar-refractivity contribution in [2.75, 3.05) is 11.5 Å². The van der Waals surface area contributed by atoms with E-state index < -0.39 is 9.84 Å². The summed E-state index contributed by atoms with van der Waals surface area (Å²) in [6.07, 6.45) is 2.37. The quantitative estimate of drug-likeness (QED) is 0.712. The van der Waals surface area contributed by atoms with Crippen molar-refractivity contribution in [3.05, 3.63) is 24.0 Å². The maximum atomic E-state index is 11.5. The van der Waals surface area contributed by atoms with Crippen LogP contribution in [0.5, 0.6) is 0 Å². The molecule has 1 aromatic heterocycles. The summed E-state index contributed by atoms with van der Waals surface area (Å²) in [5.74, 6) is 0.261. The molecular weight excluding hydrogens is 226 g/mol. The molecule has 0 aromatic carbocycles. The summed E-state index contributed by atoms with van der Waals surface area (Å²) in [5, 5.41) is 0. The van der Waals surface area contributed by atoms with Gasteiger partial charge in [-0.15, -0.1) is 0 Å². The summed E-state index contributed by atoms with van der Waals surface area (Å²) in [4.78, 5) is 11.2. The molecule has 0 saturated carbocycles. The van der Waals surface area contributed by atoms with Crippen LogP contribution in [-0.2, 0) is 16.4 Å². The number of nitrogens with zero attached hydrogens (tertiary/aromatic N) is 1. The first-order chi connectivity index (χ1) is 7.46. The number of sulfone groups is 1. The van der Waals surface area contributed by atoms with Crippen molar-refractivity contribution < 1.29 is 13.2 Å². The van der Waals surface area contributed by atoms with Crippen LogP contribution in [0.2, 0.25) is 0 Å². The second kappa shape index (κ2) is 5.30. The van der Waals surface area contributed by atoms with Crippen LogP contribution in [0.3, 0.4) is 0 Å². The van der Waals surface area contributed by atoms with Crippen LogP contribution < -0.4 is 0 Å². The molecule has 1 rings (SSSR count). The van der Waals surface area contributed by atoms with Gasteiger partial charge in [0.15, 0.2) is 15.6 Å². The zero-order valence-electron chi connectivity index (χ0n) is 9.64. The summed E-state index contributed by atoms with van der Waals surface area (Å²) in [5.41, 5.74) is 0.562. The lowest BCUT2D eigenvalue weighted by Crippen LogP contribution is -2.17. The Morgan fingerprint density at radius 1 is 1.38 bits per heavy atom. The van der Waals surface area contributed by atoms with Crippen molar-refractivity contribution in [3.63, 3.8) is 0 Å². The average molecular weight is 243 g/mol. The Morgan fingerprint density at radius 2 is 2.06 bits per heavy atom. The molecule has 5 heteroatoms. The summed E-state index contributed by atoms with van der Waals surface area (Å²) < 4.78 is 24.7. The fraction of sp³-hybridized carbons (Fsp3) is 0.545. The molecule has 0 radical (unpaired) electrons. The van der Waals surface area contributed by atoms with Gasteiger partial charge in [-0.25, -0.2) is 8.42 Å². The van der Waals surface area contributed by atoms with Gasteiger partial charge in [0.25, 0.3) is 0 Å². The standard InChI is InChI=1S/C11H17NO3S/c1-3-8-16(14,15)9-7-12-6-4-5-11(12)10(2)13/h4-6H,3,7-9H2,1-2H3. The highest BCUT2D eigenvalue weighted by atomic mass is 32.2. The number of carbonyl (C=O) groups is 1. The highest BCUT2D eigenvalue weighted by Gasteiger charge is 2.11. The van der Waals surface area contributed by atoms with Crippen LogP contribution in [0.25, 0.3) is 0 Å². The van der Waals surface area contributed by atoms with Crippen molar-refractivity contribution in [2.45, 2.75) is 26.8 Å². The van der Waals surface area contributed by atoms with Gasteiger partial charge in [0.1, 0.15) is 0 Å². The summed E-state index contributed by atoms with van der Waals surface area (Å²) in [6.45, 7) is 3.67. The third-order valence-electron chi connectivity index (χ3n) is 2.35. The molecule has 0 saturated heterocycles. The predicted octanol–water partition coefficient (Wildman–Crippen LogP) is 1.52. The molecule has 0 unspecified atom stereocenters. The zero-order chi connectivity index (χ0) is 12.2. The van der Waals surface area contributed by atoms with Gasteiger partial charge in [-0.1, -0.05) is 6.92 Å². The normalized spacial score (nSPS) is 11.6. The monoisotopic (exact) mass is 243 g/mol. The second-order valence-corrected chi connectivity index (χ2v) is 6.10. The Bertz CT molecular complexity index is 459. The smallest absolute Gasteiger partial charge is 0.176 e. The minimum Gasteiger partial charge on any atom is -0.344 e. The molecule has 0 amide bonds. The van der Waals surface area contributed by atoms with E-state index in [4.69, 9.17) is 0 Å². The molecule has 1 heterocycles. The fourth-order valence-electron chi connectivity index (χ4n) is 1.58. The van der Waals surface area contributed by atoms with Crippen LogP contribution >= 0.6 is 0 Å². The first-order valence-electron chi connectivity index (χ1n) is 5.33. The highest BCUT2D eigenvalue weighted by Crippen LogP contribution is 2.05. The molecule has 0 atom stereocenters. The van der Waals surface area contributed by atoms with Crippen molar-refractivity contribution in [1.82, 2.24) is 4.57 Å². The van der Waals surface area contributed by atoms with Gasteiger partial charge in [-0.05, 0) is 18.6 Å². The minimum absolute atomic E-state index is 0.0436. The van der Waals surface area contributed by atoms with E-state index in [1.54, 1.807) is 22.9 Å². The maximum absolute atomic E-state index is 11.5. The number of hydrogen-bond acceptors (Lipinski definition) is 3. The number of hydrogen-bond donors (Lipinski definition) is 0. The Hall–Kier alpha value is -1.10. The molecule has 1 aromatic rings. The third-order valence-corrected chi connectivity index (χ3v) is 4.18. The lowest BCUT2D eigenvalue weighted by atomic mass is 10.3. The number of rotatable bonds is 6. The van der Waals surface area contributed by atoms with Gasteiger partial charge in [-0.2, -0.15) is 0 Å². The zero-order valence-corrected chi connectivity index (χ0v) is 10.5. The molecule has 0 aliphatic carbocycles. The molecular formula is C11H17NO3S. The molecule has 4 nitrogen and oxygen atoms in total. The Kier molecular flexibility index (Phi) is 4.29. The lowest BCUT2D eigenvalue weighted by molar-refractivity contribution is 0.100. The number of carbonyl (C=O) groups excluding carboxylic acids is 1. The number of ketones is 1. The molecule has 0 fully saturated rings. The minimum atomic E-state index is -2.98. The predicted molar refractivity (Wildman–Crippen MR) is 63.4 cm³/mol. The van der Waals surface area contributed by atoms with Crippen LogP contribution in [0.4, 0.5) is 0 Å². The molecule has 90 valence electrons. The topological polar surface area (TPSA) is 56.1 Å². The summed E-state index contributed by atoms with van der Waals surface area (Å²) in [6, 6.07) is 3.46. The van der Waals surface area contributed by atoms with E-state index >= 15 is 0 Å². The van der Waals surface area contributed by atoms with Crippen molar-refractivity contribution in [3.8, 4) is 0 Å². The van der Waals surface area contributed by atoms with E-state index in [1.165, 1.54) is 6.92 Å². The fourth-order valence-corrected chi connectivity index (χ4v) is 2.88.